The van der Waals surface area contributed by atoms with Crippen molar-refractivity contribution < 1.29 is 4.79 Å². The van der Waals surface area contributed by atoms with Gasteiger partial charge in [0.25, 0.3) is 5.91 Å². The van der Waals surface area contributed by atoms with Crippen molar-refractivity contribution in [3.05, 3.63) is 76.7 Å². The van der Waals surface area contributed by atoms with E-state index in [2.05, 4.69) is 112 Å². The van der Waals surface area contributed by atoms with Gasteiger partial charge in [0.15, 0.2) is 20.5 Å². The molecule has 13 heteroatoms. The summed E-state index contributed by atoms with van der Waals surface area (Å²) in [5.41, 5.74) is 4.20. The van der Waals surface area contributed by atoms with Crippen LogP contribution >= 0.6 is 86.3 Å². The molecule has 1 aliphatic rings. The van der Waals surface area contributed by atoms with Gasteiger partial charge in [-0.3, -0.25) is 13.6 Å². The van der Waals surface area contributed by atoms with Gasteiger partial charge in [-0.1, -0.05) is 12.1 Å². The van der Waals surface area contributed by atoms with Crippen molar-refractivity contribution >= 4 is 104 Å². The predicted molar refractivity (Wildman–Crippen MR) is 155 cm³/mol. The molecule has 6 rings (SSSR count). The van der Waals surface area contributed by atoms with E-state index in [1.807, 2.05) is 45.5 Å². The number of hydrogen-bond acceptors (Lipinski definition) is 5. The zero-order valence-corrected chi connectivity index (χ0v) is 26.1. The number of amides is 1. The van der Waals surface area contributed by atoms with Crippen LogP contribution in [0.3, 0.4) is 0 Å². The smallest absolute Gasteiger partial charge is 0.251 e. The summed E-state index contributed by atoms with van der Waals surface area (Å²) in [5, 5.41) is 2.99. The summed E-state index contributed by atoms with van der Waals surface area (Å²) in [6.45, 7) is 0. The van der Waals surface area contributed by atoms with E-state index in [9.17, 15) is 4.79 Å². The average molecular weight is 839 g/mol. The van der Waals surface area contributed by atoms with Crippen LogP contribution in [-0.4, -0.2) is 40.7 Å². The monoisotopic (exact) mass is 835 g/mol. The molecule has 8 nitrogen and oxygen atoms in total. The molecule has 0 saturated heterocycles. The highest BCUT2D eigenvalue weighted by atomic mass is 127. The Morgan fingerprint density at radius 3 is 2.09 bits per heavy atom. The highest BCUT2D eigenvalue weighted by Crippen LogP contribution is 2.26. The number of halogens is 5. The van der Waals surface area contributed by atoms with Crippen LogP contribution in [0.2, 0.25) is 0 Å². The number of carbonyl (C=O) groups excluding carboxylic acids is 1. The van der Waals surface area contributed by atoms with Crippen molar-refractivity contribution in [1.29, 1.82) is 0 Å². The first-order chi connectivity index (χ1) is 16.8. The molecule has 0 unspecified atom stereocenters. The van der Waals surface area contributed by atoms with E-state index in [0.29, 0.717) is 16.2 Å². The van der Waals surface area contributed by atoms with Crippen molar-refractivity contribution in [2.24, 2.45) is 0 Å². The molecule has 4 heterocycles. The van der Waals surface area contributed by atoms with Gasteiger partial charge in [0.05, 0.1) is 18.1 Å². The molecule has 0 aliphatic heterocycles. The number of nitrogens with one attached hydrogen (secondary N) is 1. The Labute approximate surface area is 247 Å². The lowest BCUT2D eigenvalue weighted by Gasteiger charge is -2.06. The van der Waals surface area contributed by atoms with Gasteiger partial charge in [0.1, 0.15) is 12.9 Å². The lowest BCUT2D eigenvalue weighted by Crippen LogP contribution is -2.25. The number of carbonyl (C=O) groups is 1. The highest BCUT2D eigenvalue weighted by molar-refractivity contribution is 14.1. The maximum absolute atomic E-state index is 12.0. The van der Waals surface area contributed by atoms with Crippen molar-refractivity contribution in [1.82, 2.24) is 34.1 Å². The molecule has 1 N–H and O–H groups in total. The van der Waals surface area contributed by atoms with Crippen molar-refractivity contribution in [2.75, 3.05) is 0 Å². The third-order valence-corrected chi connectivity index (χ3v) is 7.78. The SMILES string of the molecule is Brc1cn2c(I)cnc2c(Br)n1.O=C(NC1CC1)c1ccc(-c2cnc3c(Br)nc(Br)cn23)cc1. The molecular weight excluding hydrogens is 825 g/mol. The molecular formula is C22H14Br4IN7O. The lowest BCUT2D eigenvalue weighted by atomic mass is 10.1. The Bertz CT molecular complexity index is 1560. The molecule has 0 atom stereocenters. The van der Waals surface area contributed by atoms with E-state index in [4.69, 9.17) is 0 Å². The van der Waals surface area contributed by atoms with Crippen LogP contribution in [0.4, 0.5) is 0 Å². The Balaban J connectivity index is 0.000000178. The third-order valence-electron chi connectivity index (χ3n) is 5.15. The number of aromatic nitrogens is 6. The lowest BCUT2D eigenvalue weighted by molar-refractivity contribution is 0.0951. The zero-order chi connectivity index (χ0) is 24.7. The van der Waals surface area contributed by atoms with Gasteiger partial charge < -0.3 is 5.32 Å². The number of rotatable bonds is 3. The Morgan fingerprint density at radius 2 is 1.46 bits per heavy atom. The molecule has 1 fully saturated rings. The summed E-state index contributed by atoms with van der Waals surface area (Å²) >= 11 is 15.7. The van der Waals surface area contributed by atoms with Crippen LogP contribution in [0.5, 0.6) is 0 Å². The first kappa shape index (κ1) is 25.2. The minimum atomic E-state index is -0.00752. The summed E-state index contributed by atoms with van der Waals surface area (Å²) in [6, 6.07) is 7.93. The van der Waals surface area contributed by atoms with Gasteiger partial charge in [-0.2, -0.15) is 0 Å². The Hall–Kier alpha value is -1.42. The van der Waals surface area contributed by atoms with E-state index in [-0.39, 0.29) is 5.91 Å². The van der Waals surface area contributed by atoms with Crippen molar-refractivity contribution in [2.45, 2.75) is 18.9 Å². The van der Waals surface area contributed by atoms with Crippen LogP contribution < -0.4 is 5.32 Å². The fraction of sp³-hybridized carbons (Fsp3) is 0.136. The molecule has 1 saturated carbocycles. The second-order valence-corrected chi connectivity index (χ2v) is 11.9. The second-order valence-electron chi connectivity index (χ2n) is 7.65. The van der Waals surface area contributed by atoms with E-state index < -0.39 is 0 Å². The maximum Gasteiger partial charge on any atom is 0.251 e. The topological polar surface area (TPSA) is 89.5 Å². The first-order valence-corrected chi connectivity index (χ1v) is 14.5. The Kier molecular flexibility index (Phi) is 7.58. The van der Waals surface area contributed by atoms with E-state index in [1.54, 1.807) is 12.4 Å². The van der Waals surface area contributed by atoms with Gasteiger partial charge in [0.2, 0.25) is 0 Å². The van der Waals surface area contributed by atoms with Gasteiger partial charge in [-0.25, -0.2) is 19.9 Å². The molecule has 0 bridgehead atoms. The van der Waals surface area contributed by atoms with Gasteiger partial charge >= 0.3 is 0 Å². The predicted octanol–water partition coefficient (Wildman–Crippen LogP) is 6.67. The normalized spacial score (nSPS) is 13.1. The summed E-state index contributed by atoms with van der Waals surface area (Å²) < 4.78 is 7.92. The minimum Gasteiger partial charge on any atom is -0.349 e. The van der Waals surface area contributed by atoms with Gasteiger partial charge in [0, 0.05) is 29.6 Å². The van der Waals surface area contributed by atoms with Crippen LogP contribution in [0, 0.1) is 3.70 Å². The second kappa shape index (κ2) is 10.5. The minimum absolute atomic E-state index is 0.00752. The average Bonchev–Trinajstić information content (AvgIpc) is 3.41. The molecule has 0 spiro atoms. The highest BCUT2D eigenvalue weighted by Gasteiger charge is 2.23. The van der Waals surface area contributed by atoms with Crippen molar-refractivity contribution in [3.63, 3.8) is 0 Å². The van der Waals surface area contributed by atoms with Gasteiger partial charge in [-0.05, 0) is 111 Å². The molecule has 178 valence electrons. The molecule has 1 aromatic carbocycles. The zero-order valence-electron chi connectivity index (χ0n) is 17.6. The summed E-state index contributed by atoms with van der Waals surface area (Å²) in [7, 11) is 0. The number of hydrogen-bond donors (Lipinski definition) is 1. The molecule has 1 amide bonds. The molecule has 4 aromatic heterocycles. The third kappa shape index (κ3) is 5.63. The number of imidazole rings is 2. The van der Waals surface area contributed by atoms with Crippen LogP contribution in [0.1, 0.15) is 23.2 Å². The van der Waals surface area contributed by atoms with E-state index in [0.717, 1.165) is 52.9 Å². The summed E-state index contributed by atoms with van der Waals surface area (Å²) in [6.07, 6.45) is 9.53. The van der Waals surface area contributed by atoms with Crippen LogP contribution in [-0.2, 0) is 0 Å². The fourth-order valence-electron chi connectivity index (χ4n) is 3.32. The molecule has 5 aromatic rings. The number of benzene rings is 1. The van der Waals surface area contributed by atoms with Crippen LogP contribution in [0.25, 0.3) is 22.6 Å². The van der Waals surface area contributed by atoms with E-state index >= 15 is 0 Å². The summed E-state index contributed by atoms with van der Waals surface area (Å²) in [4.78, 5) is 29.1. The Morgan fingerprint density at radius 1 is 0.886 bits per heavy atom. The van der Waals surface area contributed by atoms with E-state index in [1.165, 1.54) is 0 Å². The summed E-state index contributed by atoms with van der Waals surface area (Å²) in [5.74, 6) is -0.00752. The standard InChI is InChI=1S/C16H12Br2N4O.C6H2Br2IN3/c17-13-8-22-12(7-19-15(22)14(18)21-13)9-1-3-10(4-2-9)16(23)20-11-5-6-11;7-3-2-12-4(9)1-10-6(12)5(8)11-3/h1-4,7-8,11H,5-6H2,(H,20,23);1-2H. The number of fused-ring (bicyclic) bond motifs is 2. The molecule has 0 radical (unpaired) electrons. The molecule has 1 aliphatic carbocycles. The molecule has 35 heavy (non-hydrogen) atoms. The quantitative estimate of drug-likeness (QED) is 0.205. The largest absolute Gasteiger partial charge is 0.349 e. The van der Waals surface area contributed by atoms with Gasteiger partial charge in [-0.15, -0.1) is 0 Å². The first-order valence-electron chi connectivity index (χ1n) is 10.2. The maximum atomic E-state index is 12.0. The fourth-order valence-corrected chi connectivity index (χ4v) is 6.04. The van der Waals surface area contributed by atoms with Crippen molar-refractivity contribution in [3.8, 4) is 11.3 Å². The van der Waals surface area contributed by atoms with Crippen LogP contribution in [0.15, 0.2) is 67.5 Å². The number of nitrogens with zero attached hydrogens (tertiary/aromatic N) is 6.